The van der Waals surface area contributed by atoms with Gasteiger partial charge in [0.25, 0.3) is 0 Å². The van der Waals surface area contributed by atoms with E-state index in [0.29, 0.717) is 36.0 Å². The Morgan fingerprint density at radius 2 is 1.73 bits per heavy atom. The Bertz CT molecular complexity index is 1190. The van der Waals surface area contributed by atoms with Gasteiger partial charge in [-0.25, -0.2) is 17.8 Å². The second-order valence-corrected chi connectivity index (χ2v) is 11.2. The third kappa shape index (κ3) is 4.32. The van der Waals surface area contributed by atoms with Gasteiger partial charge in [0.05, 0.1) is 30.9 Å². The fraction of sp³-hybridized carbons (Fsp3) is 0.250. The fourth-order valence-electron chi connectivity index (χ4n) is 3.44. The fourth-order valence-corrected chi connectivity index (χ4v) is 6.90. The minimum Gasteiger partial charge on any atom is -0.348 e. The third-order valence-electron chi connectivity index (χ3n) is 5.06. The molecule has 1 aliphatic rings. The molecular weight excluding hydrogens is 490 g/mol. The first-order chi connectivity index (χ1) is 14.3. The van der Waals surface area contributed by atoms with E-state index in [1.165, 1.54) is 17.4 Å². The number of thiazole rings is 1. The van der Waals surface area contributed by atoms with E-state index >= 15 is 0 Å². The van der Waals surface area contributed by atoms with Crippen molar-refractivity contribution >= 4 is 61.1 Å². The average Bonchev–Trinajstić information content (AvgIpc) is 3.20. The smallest absolute Gasteiger partial charge is 0.185 e. The van der Waals surface area contributed by atoms with Crippen LogP contribution in [0.3, 0.4) is 0 Å². The maximum Gasteiger partial charge on any atom is 0.185 e. The van der Waals surface area contributed by atoms with Gasteiger partial charge < -0.3 is 4.90 Å². The van der Waals surface area contributed by atoms with Crippen LogP contribution in [-0.4, -0.2) is 31.7 Å². The van der Waals surface area contributed by atoms with Crippen molar-refractivity contribution in [3.05, 3.63) is 62.7 Å². The number of aromatic nitrogens is 1. The minimum absolute atomic E-state index is 0.0137. The highest BCUT2D eigenvalue weighted by atomic mass is 35.5. The van der Waals surface area contributed by atoms with E-state index in [1.54, 1.807) is 12.1 Å². The molecule has 0 bridgehead atoms. The van der Waals surface area contributed by atoms with Gasteiger partial charge in [-0.05, 0) is 43.2 Å². The highest BCUT2D eigenvalue weighted by Gasteiger charge is 2.33. The molecule has 158 valence electrons. The van der Waals surface area contributed by atoms with Crippen molar-refractivity contribution in [2.24, 2.45) is 0 Å². The topological polar surface area (TPSA) is 50.3 Å². The zero-order chi connectivity index (χ0) is 21.5. The predicted molar refractivity (Wildman–Crippen MR) is 121 cm³/mol. The second kappa shape index (κ2) is 8.63. The number of sulfone groups is 1. The van der Waals surface area contributed by atoms with Crippen molar-refractivity contribution in [2.75, 3.05) is 18.0 Å². The molecule has 2 heterocycles. The summed E-state index contributed by atoms with van der Waals surface area (Å²) in [6.45, 7) is 1.11. The van der Waals surface area contributed by atoms with Crippen molar-refractivity contribution in [1.82, 2.24) is 4.98 Å². The summed E-state index contributed by atoms with van der Waals surface area (Å²) in [6, 6.07) is 8.75. The van der Waals surface area contributed by atoms with Crippen LogP contribution in [-0.2, 0) is 9.84 Å². The Hall–Kier alpha value is -1.38. The molecule has 1 aromatic heterocycles. The summed E-state index contributed by atoms with van der Waals surface area (Å²) in [7, 11) is -3.63. The van der Waals surface area contributed by atoms with Crippen LogP contribution < -0.4 is 4.90 Å². The summed E-state index contributed by atoms with van der Waals surface area (Å²) in [6.07, 6.45) is 0.884. The number of hydrogen-bond donors (Lipinski definition) is 0. The summed E-state index contributed by atoms with van der Waals surface area (Å²) in [5, 5.41) is 3.08. The lowest BCUT2D eigenvalue weighted by molar-refractivity contribution is 0.529. The Kier molecular flexibility index (Phi) is 6.28. The largest absolute Gasteiger partial charge is 0.348 e. The highest BCUT2D eigenvalue weighted by molar-refractivity contribution is 7.92. The van der Waals surface area contributed by atoms with Gasteiger partial charge in [-0.15, -0.1) is 11.3 Å². The number of nitrogens with zero attached hydrogens (tertiary/aromatic N) is 2. The summed E-state index contributed by atoms with van der Waals surface area (Å²) in [4.78, 5) is 6.73. The first kappa shape index (κ1) is 21.8. The van der Waals surface area contributed by atoms with Gasteiger partial charge >= 0.3 is 0 Å². The van der Waals surface area contributed by atoms with Crippen LogP contribution in [0.2, 0.25) is 15.1 Å². The highest BCUT2D eigenvalue weighted by Crippen LogP contribution is 2.35. The number of benzene rings is 2. The van der Waals surface area contributed by atoms with Crippen LogP contribution in [0.4, 0.5) is 9.52 Å². The molecule has 30 heavy (non-hydrogen) atoms. The number of anilines is 1. The van der Waals surface area contributed by atoms with Crippen molar-refractivity contribution < 1.29 is 12.8 Å². The van der Waals surface area contributed by atoms with Crippen LogP contribution >= 0.6 is 46.1 Å². The van der Waals surface area contributed by atoms with Crippen molar-refractivity contribution in [2.45, 2.75) is 23.0 Å². The van der Waals surface area contributed by atoms with E-state index in [2.05, 4.69) is 9.88 Å². The molecular formula is C20H16Cl3FN2O2S2. The number of piperidine rings is 1. The summed E-state index contributed by atoms with van der Waals surface area (Å²) < 4.78 is 39.2. The van der Waals surface area contributed by atoms with Gasteiger partial charge in [0, 0.05) is 24.0 Å². The SMILES string of the molecule is O=S(=O)(c1ccc(F)cc1Cl)C1CCN(c2nc(-c3ccc(Cl)c(Cl)c3)cs2)CC1. The molecule has 4 nitrogen and oxygen atoms in total. The van der Waals surface area contributed by atoms with Crippen molar-refractivity contribution in [3.63, 3.8) is 0 Å². The number of halogens is 4. The first-order valence-electron chi connectivity index (χ1n) is 9.10. The molecule has 0 unspecified atom stereocenters. The summed E-state index contributed by atoms with van der Waals surface area (Å²) in [5.41, 5.74) is 1.66. The van der Waals surface area contributed by atoms with E-state index in [-0.39, 0.29) is 9.92 Å². The Labute approximate surface area is 193 Å². The van der Waals surface area contributed by atoms with Crippen molar-refractivity contribution in [3.8, 4) is 11.3 Å². The standard InChI is InChI=1S/C20H16Cl3FN2O2S2/c21-15-3-1-12(9-16(15)22)18-11-29-20(25-18)26-7-5-14(6-8-26)30(27,28)19-4-2-13(24)10-17(19)23/h1-4,9-11,14H,5-8H2. The van der Waals surface area contributed by atoms with Crippen LogP contribution in [0.25, 0.3) is 11.3 Å². The quantitative estimate of drug-likeness (QED) is 0.388. The lowest BCUT2D eigenvalue weighted by atomic mass is 10.1. The minimum atomic E-state index is -3.63. The Balaban J connectivity index is 1.47. The van der Waals surface area contributed by atoms with Crippen LogP contribution in [0.1, 0.15) is 12.8 Å². The van der Waals surface area contributed by atoms with E-state index in [1.807, 2.05) is 11.4 Å². The van der Waals surface area contributed by atoms with Gasteiger partial charge in [-0.3, -0.25) is 0 Å². The zero-order valence-corrected chi connectivity index (χ0v) is 19.4. The average molecular weight is 506 g/mol. The Morgan fingerprint density at radius 3 is 2.40 bits per heavy atom. The third-order valence-corrected chi connectivity index (χ3v) is 9.44. The normalized spacial score (nSPS) is 15.5. The molecule has 1 saturated heterocycles. The maximum atomic E-state index is 13.3. The van der Waals surface area contributed by atoms with Crippen LogP contribution in [0.15, 0.2) is 46.7 Å². The second-order valence-electron chi connectivity index (χ2n) is 6.95. The molecule has 1 fully saturated rings. The Morgan fingerprint density at radius 1 is 1.00 bits per heavy atom. The molecule has 0 aliphatic carbocycles. The summed E-state index contributed by atoms with van der Waals surface area (Å²) >= 11 is 19.5. The predicted octanol–water partition coefficient (Wildman–Crippen LogP) is 6.35. The molecule has 0 atom stereocenters. The molecule has 3 aromatic rings. The van der Waals surface area contributed by atoms with Gasteiger partial charge in [0.15, 0.2) is 15.0 Å². The van der Waals surface area contributed by atoms with Crippen LogP contribution in [0.5, 0.6) is 0 Å². The van der Waals surface area contributed by atoms with Crippen molar-refractivity contribution in [1.29, 1.82) is 0 Å². The molecule has 0 amide bonds. The zero-order valence-electron chi connectivity index (χ0n) is 15.5. The molecule has 0 radical (unpaired) electrons. The molecule has 0 spiro atoms. The first-order valence-corrected chi connectivity index (χ1v) is 12.7. The number of rotatable bonds is 4. The van der Waals surface area contributed by atoms with Gasteiger partial charge in [0.2, 0.25) is 0 Å². The monoisotopic (exact) mass is 504 g/mol. The lowest BCUT2D eigenvalue weighted by Crippen LogP contribution is -2.39. The van der Waals surface area contributed by atoms with Gasteiger partial charge in [-0.1, -0.05) is 40.9 Å². The molecule has 0 saturated carbocycles. The van der Waals surface area contributed by atoms with E-state index in [9.17, 15) is 12.8 Å². The van der Waals surface area contributed by atoms with E-state index < -0.39 is 20.9 Å². The van der Waals surface area contributed by atoms with Gasteiger partial charge in [-0.2, -0.15) is 0 Å². The van der Waals surface area contributed by atoms with Gasteiger partial charge in [0.1, 0.15) is 5.82 Å². The molecule has 2 aromatic carbocycles. The molecule has 10 heteroatoms. The maximum absolute atomic E-state index is 13.3. The number of hydrogen-bond acceptors (Lipinski definition) is 5. The summed E-state index contributed by atoms with van der Waals surface area (Å²) in [5.74, 6) is -0.560. The molecule has 0 N–H and O–H groups in total. The molecule has 1 aliphatic heterocycles. The lowest BCUT2D eigenvalue weighted by Gasteiger charge is -2.31. The van der Waals surface area contributed by atoms with E-state index in [4.69, 9.17) is 34.8 Å². The van der Waals surface area contributed by atoms with Crippen LogP contribution in [0, 0.1) is 5.82 Å². The van der Waals surface area contributed by atoms with E-state index in [0.717, 1.165) is 28.5 Å². The molecule has 4 rings (SSSR count).